The molecule has 1 heterocycles. The van der Waals surface area contributed by atoms with Crippen molar-refractivity contribution in [1.82, 2.24) is 14.8 Å². The van der Waals surface area contributed by atoms with Gasteiger partial charge in [0.25, 0.3) is 5.82 Å². The van der Waals surface area contributed by atoms with Gasteiger partial charge in [0, 0.05) is 0 Å². The molecule has 0 fully saturated rings. The topological polar surface area (TPSA) is 110 Å². The summed E-state index contributed by atoms with van der Waals surface area (Å²) in [6.07, 6.45) is 1.26. The molecule has 3 N–H and O–H groups in total. The van der Waals surface area contributed by atoms with E-state index >= 15 is 0 Å². The van der Waals surface area contributed by atoms with Gasteiger partial charge in [-0.1, -0.05) is 0 Å². The van der Waals surface area contributed by atoms with Gasteiger partial charge in [-0.3, -0.25) is 4.79 Å². The number of hydrogen-bond acceptors (Lipinski definition) is 5. The standard InChI is InChI=1S/C11H9FN6O/c12-7-1-2-8(14)9(3-7)16-11(19)5-18-6-15-10(4-13)17-18/h1-3,6H,5,14H2,(H,16,19). The summed E-state index contributed by atoms with van der Waals surface area (Å²) in [5.74, 6) is -0.984. The number of carbonyl (C=O) groups is 1. The lowest BCUT2D eigenvalue weighted by atomic mass is 10.2. The normalized spacial score (nSPS) is 9.89. The second kappa shape index (κ2) is 5.14. The monoisotopic (exact) mass is 260 g/mol. The maximum Gasteiger partial charge on any atom is 0.252 e. The van der Waals surface area contributed by atoms with Gasteiger partial charge >= 0.3 is 0 Å². The molecular formula is C11H9FN6O. The number of halogens is 1. The minimum Gasteiger partial charge on any atom is -0.397 e. The minimum atomic E-state index is -0.503. The maximum atomic E-state index is 13.0. The third-order valence-electron chi connectivity index (χ3n) is 2.23. The molecule has 0 atom stereocenters. The van der Waals surface area contributed by atoms with Crippen LogP contribution in [0.3, 0.4) is 0 Å². The molecule has 96 valence electrons. The van der Waals surface area contributed by atoms with E-state index in [1.165, 1.54) is 23.1 Å². The first-order chi connectivity index (χ1) is 9.08. The molecule has 0 aliphatic heterocycles. The third-order valence-corrected chi connectivity index (χ3v) is 2.23. The van der Waals surface area contributed by atoms with E-state index in [0.29, 0.717) is 0 Å². The van der Waals surface area contributed by atoms with Gasteiger partial charge in [0.2, 0.25) is 5.91 Å². The highest BCUT2D eigenvalue weighted by Crippen LogP contribution is 2.18. The fourth-order valence-corrected chi connectivity index (χ4v) is 1.40. The van der Waals surface area contributed by atoms with Gasteiger partial charge in [-0.15, -0.1) is 5.10 Å². The number of nitrogens with one attached hydrogen (secondary N) is 1. The van der Waals surface area contributed by atoms with Crippen molar-refractivity contribution in [3.63, 3.8) is 0 Å². The molecule has 0 aliphatic carbocycles. The molecule has 0 unspecified atom stereocenters. The zero-order valence-electron chi connectivity index (χ0n) is 9.67. The SMILES string of the molecule is N#Cc1ncn(CC(=O)Nc2cc(F)ccc2N)n1. The smallest absolute Gasteiger partial charge is 0.252 e. The number of carbonyl (C=O) groups excluding carboxylic acids is 1. The molecule has 19 heavy (non-hydrogen) atoms. The summed E-state index contributed by atoms with van der Waals surface area (Å²) >= 11 is 0. The van der Waals surface area contributed by atoms with Crippen LogP contribution in [-0.2, 0) is 11.3 Å². The number of rotatable bonds is 3. The van der Waals surface area contributed by atoms with E-state index in [-0.39, 0.29) is 23.7 Å². The zero-order valence-corrected chi connectivity index (χ0v) is 9.67. The van der Waals surface area contributed by atoms with Gasteiger partial charge in [-0.25, -0.2) is 14.1 Å². The number of amides is 1. The van der Waals surface area contributed by atoms with Crippen LogP contribution in [0.5, 0.6) is 0 Å². The predicted octanol–water partition coefficient (Wildman–Crippen LogP) is 0.510. The molecule has 0 radical (unpaired) electrons. The quantitative estimate of drug-likeness (QED) is 0.781. The molecule has 2 rings (SSSR count). The number of nitrogens with zero attached hydrogens (tertiary/aromatic N) is 4. The van der Waals surface area contributed by atoms with Gasteiger partial charge in [-0.05, 0) is 18.2 Å². The molecule has 8 heteroatoms. The summed E-state index contributed by atoms with van der Waals surface area (Å²) in [5.41, 5.74) is 6.04. The van der Waals surface area contributed by atoms with Crippen molar-refractivity contribution >= 4 is 17.3 Å². The summed E-state index contributed by atoms with van der Waals surface area (Å²) in [6.45, 7) is -0.148. The Morgan fingerprint density at radius 2 is 2.37 bits per heavy atom. The number of benzene rings is 1. The molecule has 0 bridgehead atoms. The number of hydrogen-bond donors (Lipinski definition) is 2. The van der Waals surface area contributed by atoms with Crippen LogP contribution in [0.4, 0.5) is 15.8 Å². The van der Waals surface area contributed by atoms with Crippen LogP contribution in [0, 0.1) is 17.1 Å². The second-order valence-electron chi connectivity index (χ2n) is 3.66. The van der Waals surface area contributed by atoms with Crippen LogP contribution in [0.15, 0.2) is 24.5 Å². The lowest BCUT2D eigenvalue weighted by Crippen LogP contribution is -2.20. The van der Waals surface area contributed by atoms with Crippen molar-refractivity contribution in [3.8, 4) is 6.07 Å². The van der Waals surface area contributed by atoms with Crippen molar-refractivity contribution in [2.75, 3.05) is 11.1 Å². The fourth-order valence-electron chi connectivity index (χ4n) is 1.40. The van der Waals surface area contributed by atoms with E-state index in [1.807, 2.05) is 0 Å². The first-order valence-electron chi connectivity index (χ1n) is 5.23. The van der Waals surface area contributed by atoms with E-state index in [2.05, 4.69) is 15.4 Å². The van der Waals surface area contributed by atoms with E-state index < -0.39 is 11.7 Å². The minimum absolute atomic E-state index is 0.0296. The maximum absolute atomic E-state index is 13.0. The molecular weight excluding hydrogens is 251 g/mol. The van der Waals surface area contributed by atoms with Gasteiger partial charge in [-0.2, -0.15) is 5.26 Å². The second-order valence-corrected chi connectivity index (χ2v) is 3.66. The van der Waals surface area contributed by atoms with E-state index in [9.17, 15) is 9.18 Å². The van der Waals surface area contributed by atoms with Crippen molar-refractivity contribution in [2.45, 2.75) is 6.54 Å². The Morgan fingerprint density at radius 1 is 1.58 bits per heavy atom. The molecule has 0 spiro atoms. The van der Waals surface area contributed by atoms with Crippen molar-refractivity contribution in [3.05, 3.63) is 36.2 Å². The van der Waals surface area contributed by atoms with Crippen LogP contribution in [-0.4, -0.2) is 20.7 Å². The fraction of sp³-hybridized carbons (Fsp3) is 0.0909. The predicted molar refractivity (Wildman–Crippen MR) is 64.2 cm³/mol. The van der Waals surface area contributed by atoms with Crippen LogP contribution in [0.25, 0.3) is 0 Å². The Morgan fingerprint density at radius 3 is 3.05 bits per heavy atom. The molecule has 0 saturated heterocycles. The average molecular weight is 260 g/mol. The van der Waals surface area contributed by atoms with E-state index in [0.717, 1.165) is 6.07 Å². The lowest BCUT2D eigenvalue weighted by molar-refractivity contribution is -0.116. The molecule has 1 amide bonds. The molecule has 1 aromatic heterocycles. The number of nitrogens with two attached hydrogens (primary N) is 1. The van der Waals surface area contributed by atoms with Gasteiger partial charge in [0.1, 0.15) is 24.8 Å². The summed E-state index contributed by atoms with van der Waals surface area (Å²) < 4.78 is 14.2. The summed E-state index contributed by atoms with van der Waals surface area (Å²) in [7, 11) is 0. The van der Waals surface area contributed by atoms with E-state index in [4.69, 9.17) is 11.0 Å². The number of nitriles is 1. The van der Waals surface area contributed by atoms with Crippen LogP contribution in [0.1, 0.15) is 5.82 Å². The zero-order chi connectivity index (χ0) is 13.8. The lowest BCUT2D eigenvalue weighted by Gasteiger charge is -2.07. The molecule has 2 aromatic rings. The number of nitrogen functional groups attached to an aromatic ring is 1. The average Bonchev–Trinajstić information content (AvgIpc) is 2.81. The van der Waals surface area contributed by atoms with Crippen molar-refractivity contribution in [1.29, 1.82) is 5.26 Å². The molecule has 7 nitrogen and oxygen atoms in total. The largest absolute Gasteiger partial charge is 0.397 e. The van der Waals surface area contributed by atoms with Gasteiger partial charge in [0.05, 0.1) is 11.4 Å². The Bertz CT molecular complexity index is 659. The molecule has 0 saturated carbocycles. The summed E-state index contributed by atoms with van der Waals surface area (Å²) in [5, 5.41) is 14.7. The summed E-state index contributed by atoms with van der Waals surface area (Å²) in [4.78, 5) is 15.3. The van der Waals surface area contributed by atoms with E-state index in [1.54, 1.807) is 6.07 Å². The Kier molecular flexibility index (Phi) is 3.38. The van der Waals surface area contributed by atoms with Gasteiger partial charge in [0.15, 0.2) is 0 Å². The Hall–Kier alpha value is -2.95. The highest BCUT2D eigenvalue weighted by molar-refractivity contribution is 5.93. The highest BCUT2D eigenvalue weighted by Gasteiger charge is 2.08. The van der Waals surface area contributed by atoms with Crippen molar-refractivity contribution in [2.24, 2.45) is 0 Å². The Balaban J connectivity index is 2.05. The summed E-state index contributed by atoms with van der Waals surface area (Å²) in [6, 6.07) is 5.41. The number of anilines is 2. The van der Waals surface area contributed by atoms with Gasteiger partial charge < -0.3 is 11.1 Å². The number of aromatic nitrogens is 3. The van der Waals surface area contributed by atoms with Crippen LogP contribution < -0.4 is 11.1 Å². The molecule has 0 aliphatic rings. The Labute approximate surface area is 107 Å². The molecule has 1 aromatic carbocycles. The van der Waals surface area contributed by atoms with Crippen LogP contribution >= 0.6 is 0 Å². The van der Waals surface area contributed by atoms with Crippen molar-refractivity contribution < 1.29 is 9.18 Å². The third kappa shape index (κ3) is 3.04. The first-order valence-corrected chi connectivity index (χ1v) is 5.23. The highest BCUT2D eigenvalue weighted by atomic mass is 19.1. The first kappa shape index (κ1) is 12.5. The van der Waals surface area contributed by atoms with Crippen LogP contribution in [0.2, 0.25) is 0 Å².